The van der Waals surface area contributed by atoms with Crippen LogP contribution in [-0.2, 0) is 14.3 Å². The molecule has 136 valence electrons. The molecule has 0 saturated heterocycles. The van der Waals surface area contributed by atoms with Gasteiger partial charge in [-0.1, -0.05) is 0 Å². The van der Waals surface area contributed by atoms with Crippen LogP contribution in [0, 0.1) is 11.8 Å². The van der Waals surface area contributed by atoms with Crippen molar-refractivity contribution >= 4 is 23.5 Å². The number of nitrogens with two attached hydrogens (primary N) is 1. The number of anilines is 1. The van der Waals surface area contributed by atoms with E-state index in [0.29, 0.717) is 43.7 Å². The van der Waals surface area contributed by atoms with Crippen LogP contribution in [0.4, 0.5) is 5.69 Å². The van der Waals surface area contributed by atoms with Gasteiger partial charge in [0.2, 0.25) is 5.91 Å². The summed E-state index contributed by atoms with van der Waals surface area (Å²) >= 11 is 0. The molecule has 2 rings (SSSR count). The Balaban J connectivity index is 2.01. The molecule has 0 atom stereocenters. The summed E-state index contributed by atoms with van der Waals surface area (Å²) in [6.45, 7) is 2.15. The van der Waals surface area contributed by atoms with Gasteiger partial charge in [0.15, 0.2) is 0 Å². The summed E-state index contributed by atoms with van der Waals surface area (Å²) in [5.74, 6) is -0.821. The molecule has 0 aromatic heterocycles. The summed E-state index contributed by atoms with van der Waals surface area (Å²) in [5.41, 5.74) is 5.93. The van der Waals surface area contributed by atoms with Gasteiger partial charge in [-0.15, -0.1) is 0 Å². The number of ether oxygens (including phenoxy) is 2. The molecule has 2 amide bonds. The second kappa shape index (κ2) is 8.50. The first-order valence-electron chi connectivity index (χ1n) is 8.41. The summed E-state index contributed by atoms with van der Waals surface area (Å²) in [6.07, 6.45) is 2.45. The number of esters is 1. The second-order valence-electron chi connectivity index (χ2n) is 6.07. The molecule has 7 heteroatoms. The van der Waals surface area contributed by atoms with E-state index in [4.69, 9.17) is 15.2 Å². The predicted molar refractivity (Wildman–Crippen MR) is 92.2 cm³/mol. The minimum atomic E-state index is -0.621. The summed E-state index contributed by atoms with van der Waals surface area (Å²) in [6, 6.07) is 4.71. The maximum atomic E-state index is 12.5. The molecule has 1 aromatic carbocycles. The van der Waals surface area contributed by atoms with Gasteiger partial charge in [0.25, 0.3) is 5.91 Å². The molecule has 0 radical (unpaired) electrons. The van der Waals surface area contributed by atoms with E-state index in [2.05, 4.69) is 5.32 Å². The topological polar surface area (TPSA) is 108 Å². The van der Waals surface area contributed by atoms with Crippen molar-refractivity contribution in [3.05, 3.63) is 23.8 Å². The lowest BCUT2D eigenvalue weighted by atomic mass is 9.81. The Morgan fingerprint density at radius 1 is 1.16 bits per heavy atom. The number of rotatable bonds is 6. The first-order chi connectivity index (χ1) is 12.0. The van der Waals surface area contributed by atoms with Gasteiger partial charge in [-0.3, -0.25) is 14.4 Å². The van der Waals surface area contributed by atoms with Crippen LogP contribution in [0.5, 0.6) is 5.75 Å². The van der Waals surface area contributed by atoms with Crippen molar-refractivity contribution in [2.24, 2.45) is 17.6 Å². The fourth-order valence-corrected chi connectivity index (χ4v) is 3.05. The largest absolute Gasteiger partial charge is 0.497 e. The van der Waals surface area contributed by atoms with Crippen LogP contribution in [0.3, 0.4) is 0 Å². The molecule has 1 fully saturated rings. The monoisotopic (exact) mass is 348 g/mol. The van der Waals surface area contributed by atoms with E-state index in [1.807, 2.05) is 0 Å². The van der Waals surface area contributed by atoms with E-state index in [1.54, 1.807) is 19.1 Å². The molecule has 1 aliphatic carbocycles. The van der Waals surface area contributed by atoms with Crippen LogP contribution >= 0.6 is 0 Å². The van der Waals surface area contributed by atoms with Crippen molar-refractivity contribution in [2.75, 3.05) is 19.0 Å². The highest BCUT2D eigenvalue weighted by Crippen LogP contribution is 2.31. The van der Waals surface area contributed by atoms with Gasteiger partial charge in [-0.2, -0.15) is 0 Å². The van der Waals surface area contributed by atoms with Crippen molar-refractivity contribution < 1.29 is 23.9 Å². The lowest BCUT2D eigenvalue weighted by Gasteiger charge is -2.26. The summed E-state index contributed by atoms with van der Waals surface area (Å²) < 4.78 is 10.2. The third-order valence-corrected chi connectivity index (χ3v) is 4.47. The second-order valence-corrected chi connectivity index (χ2v) is 6.07. The average molecular weight is 348 g/mol. The van der Waals surface area contributed by atoms with E-state index in [1.165, 1.54) is 13.2 Å². The van der Waals surface area contributed by atoms with E-state index in [-0.39, 0.29) is 29.3 Å². The number of primary amides is 1. The van der Waals surface area contributed by atoms with Crippen molar-refractivity contribution in [2.45, 2.75) is 32.6 Å². The van der Waals surface area contributed by atoms with E-state index in [9.17, 15) is 14.4 Å². The molecular formula is C18H24N2O5. The van der Waals surface area contributed by atoms with E-state index in [0.717, 1.165) is 0 Å². The van der Waals surface area contributed by atoms with Gasteiger partial charge in [-0.25, -0.2) is 0 Å². The fourth-order valence-electron chi connectivity index (χ4n) is 3.05. The number of hydrogen-bond acceptors (Lipinski definition) is 5. The summed E-state index contributed by atoms with van der Waals surface area (Å²) in [5, 5.41) is 2.77. The Hall–Kier alpha value is -2.57. The fraction of sp³-hybridized carbons (Fsp3) is 0.500. The van der Waals surface area contributed by atoms with Crippen LogP contribution in [0.25, 0.3) is 0 Å². The van der Waals surface area contributed by atoms with Gasteiger partial charge in [0.05, 0.1) is 30.9 Å². The Labute approximate surface area is 146 Å². The van der Waals surface area contributed by atoms with Gasteiger partial charge < -0.3 is 20.5 Å². The van der Waals surface area contributed by atoms with Crippen LogP contribution in [0.2, 0.25) is 0 Å². The summed E-state index contributed by atoms with van der Waals surface area (Å²) in [7, 11) is 1.50. The number of nitrogens with one attached hydrogen (secondary N) is 1. The smallest absolute Gasteiger partial charge is 0.308 e. The molecule has 0 bridgehead atoms. The zero-order valence-corrected chi connectivity index (χ0v) is 14.5. The van der Waals surface area contributed by atoms with Crippen LogP contribution in [-0.4, -0.2) is 31.5 Å². The van der Waals surface area contributed by atoms with Crippen LogP contribution < -0.4 is 15.8 Å². The van der Waals surface area contributed by atoms with Crippen LogP contribution in [0.15, 0.2) is 18.2 Å². The average Bonchev–Trinajstić information content (AvgIpc) is 2.61. The minimum absolute atomic E-state index is 0.137. The molecule has 0 unspecified atom stereocenters. The Morgan fingerprint density at radius 2 is 1.80 bits per heavy atom. The zero-order valence-electron chi connectivity index (χ0n) is 14.5. The zero-order chi connectivity index (χ0) is 18.4. The predicted octanol–water partition coefficient (Wildman–Crippen LogP) is 2.10. The lowest BCUT2D eigenvalue weighted by molar-refractivity contribution is -0.150. The molecule has 3 N–H and O–H groups in total. The molecule has 7 nitrogen and oxygen atoms in total. The maximum Gasteiger partial charge on any atom is 0.308 e. The lowest BCUT2D eigenvalue weighted by Crippen LogP contribution is -2.31. The molecule has 0 aliphatic heterocycles. The number of amides is 2. The van der Waals surface area contributed by atoms with Crippen molar-refractivity contribution in [1.29, 1.82) is 0 Å². The molecule has 1 aromatic rings. The Bertz CT molecular complexity index is 651. The van der Waals surface area contributed by atoms with Crippen molar-refractivity contribution in [3.63, 3.8) is 0 Å². The number of benzene rings is 1. The molecule has 1 aliphatic rings. The highest BCUT2D eigenvalue weighted by molar-refractivity contribution is 6.03. The maximum absolute atomic E-state index is 12.5. The SMILES string of the molecule is CCOC(=O)C1CCC(C(=O)Nc2cc(OC)ccc2C(N)=O)CC1. The van der Waals surface area contributed by atoms with E-state index >= 15 is 0 Å². The Kier molecular flexibility index (Phi) is 6.38. The number of carbonyl (C=O) groups is 3. The molecule has 1 saturated carbocycles. The van der Waals surface area contributed by atoms with Gasteiger partial charge >= 0.3 is 5.97 Å². The van der Waals surface area contributed by atoms with E-state index < -0.39 is 5.91 Å². The standard InChI is InChI=1S/C18H24N2O5/c1-3-25-18(23)12-6-4-11(5-7-12)17(22)20-15-10-13(24-2)8-9-14(15)16(19)21/h8-12H,3-7H2,1-2H3,(H2,19,21)(H,20,22). The number of carbonyl (C=O) groups excluding carboxylic acids is 3. The highest BCUT2D eigenvalue weighted by Gasteiger charge is 2.31. The third-order valence-electron chi connectivity index (χ3n) is 4.47. The van der Waals surface area contributed by atoms with Gasteiger partial charge in [-0.05, 0) is 44.7 Å². The summed E-state index contributed by atoms with van der Waals surface area (Å²) in [4.78, 5) is 35.8. The number of methoxy groups -OCH3 is 1. The normalized spacial score (nSPS) is 19.8. The molecule has 0 spiro atoms. The number of hydrogen-bond donors (Lipinski definition) is 2. The van der Waals surface area contributed by atoms with Crippen molar-refractivity contribution in [1.82, 2.24) is 0 Å². The molecule has 0 heterocycles. The highest BCUT2D eigenvalue weighted by atomic mass is 16.5. The third kappa shape index (κ3) is 4.71. The van der Waals surface area contributed by atoms with Gasteiger partial charge in [0, 0.05) is 12.0 Å². The first kappa shape index (κ1) is 18.8. The van der Waals surface area contributed by atoms with Crippen molar-refractivity contribution in [3.8, 4) is 5.75 Å². The molecular weight excluding hydrogens is 324 g/mol. The first-order valence-corrected chi connectivity index (χ1v) is 8.41. The van der Waals surface area contributed by atoms with Gasteiger partial charge in [0.1, 0.15) is 5.75 Å². The Morgan fingerprint density at radius 3 is 2.36 bits per heavy atom. The molecule has 25 heavy (non-hydrogen) atoms. The quantitative estimate of drug-likeness (QED) is 0.766. The minimum Gasteiger partial charge on any atom is -0.497 e. The van der Waals surface area contributed by atoms with Crippen LogP contribution in [0.1, 0.15) is 43.0 Å².